The monoisotopic (exact) mass is 259 g/mol. The molecule has 0 bridgehead atoms. The maximum Gasteiger partial charge on any atom is 0.337 e. The molecule has 3 heteroatoms. The average Bonchev–Trinajstić information content (AvgIpc) is 2.42. The third-order valence-corrected chi connectivity index (χ3v) is 3.25. The van der Waals surface area contributed by atoms with Crippen molar-refractivity contribution in [1.82, 2.24) is 0 Å². The lowest BCUT2D eigenvalue weighted by Gasteiger charge is -2.04. The van der Waals surface area contributed by atoms with Crippen molar-refractivity contribution in [3.05, 3.63) is 34.9 Å². The van der Waals surface area contributed by atoms with E-state index in [1.54, 1.807) is 6.07 Å². The Morgan fingerprint density at radius 2 is 1.89 bits per heavy atom. The summed E-state index contributed by atoms with van der Waals surface area (Å²) in [6, 6.07) is 7.01. The Morgan fingerprint density at radius 3 is 2.53 bits per heavy atom. The summed E-state index contributed by atoms with van der Waals surface area (Å²) < 4.78 is 0. The minimum atomic E-state index is -1.04. The predicted molar refractivity (Wildman–Crippen MR) is 75.2 cm³/mol. The molecular formula is C16H21NO2. The van der Waals surface area contributed by atoms with Gasteiger partial charge in [-0.2, -0.15) is 5.26 Å². The summed E-state index contributed by atoms with van der Waals surface area (Å²) in [5.74, 6) is -1.04. The molecule has 102 valence electrons. The van der Waals surface area contributed by atoms with Crippen LogP contribution in [0.2, 0.25) is 0 Å². The van der Waals surface area contributed by atoms with Gasteiger partial charge in [0.15, 0.2) is 0 Å². The van der Waals surface area contributed by atoms with Crippen LogP contribution in [0.1, 0.15) is 66.9 Å². The first-order chi connectivity index (χ1) is 9.19. The zero-order chi connectivity index (χ0) is 14.1. The largest absolute Gasteiger partial charge is 0.478 e. The molecule has 1 aromatic rings. The number of nitrogens with zero attached hydrogens (tertiary/aromatic N) is 1. The maximum atomic E-state index is 10.9. The molecule has 0 fully saturated rings. The standard InChI is InChI=1S/C16H21NO2/c1-2-3-4-5-6-7-8-13-9-10-15(16(18)19)14(11-13)12-17/h9-11H,2-8H2,1H3,(H,18,19). The van der Waals surface area contributed by atoms with Gasteiger partial charge in [-0.3, -0.25) is 0 Å². The molecule has 0 heterocycles. The van der Waals surface area contributed by atoms with Gasteiger partial charge in [0.2, 0.25) is 0 Å². The summed E-state index contributed by atoms with van der Waals surface area (Å²) in [6.45, 7) is 2.20. The molecule has 3 nitrogen and oxygen atoms in total. The van der Waals surface area contributed by atoms with E-state index in [9.17, 15) is 4.79 Å². The highest BCUT2D eigenvalue weighted by molar-refractivity contribution is 5.90. The Morgan fingerprint density at radius 1 is 1.21 bits per heavy atom. The molecule has 0 spiro atoms. The molecule has 0 radical (unpaired) electrons. The SMILES string of the molecule is CCCCCCCCc1ccc(C(=O)O)c(C#N)c1. The molecule has 1 rings (SSSR count). The quantitative estimate of drug-likeness (QED) is 0.713. The molecule has 0 aliphatic carbocycles. The van der Waals surface area contributed by atoms with Crippen molar-refractivity contribution < 1.29 is 9.90 Å². The van der Waals surface area contributed by atoms with E-state index in [0.29, 0.717) is 0 Å². The van der Waals surface area contributed by atoms with Crippen LogP contribution >= 0.6 is 0 Å². The van der Waals surface area contributed by atoms with Gasteiger partial charge < -0.3 is 5.11 Å². The van der Waals surface area contributed by atoms with Crippen LogP contribution < -0.4 is 0 Å². The number of rotatable bonds is 8. The van der Waals surface area contributed by atoms with E-state index in [-0.39, 0.29) is 11.1 Å². The van der Waals surface area contributed by atoms with Crippen LogP contribution in [0.3, 0.4) is 0 Å². The van der Waals surface area contributed by atoms with Gasteiger partial charge >= 0.3 is 5.97 Å². The first kappa shape index (κ1) is 15.2. The lowest BCUT2D eigenvalue weighted by atomic mass is 10.0. The van der Waals surface area contributed by atoms with Crippen LogP contribution in [0.5, 0.6) is 0 Å². The van der Waals surface area contributed by atoms with Crippen molar-refractivity contribution in [1.29, 1.82) is 5.26 Å². The van der Waals surface area contributed by atoms with Gasteiger partial charge in [-0.05, 0) is 30.5 Å². The van der Waals surface area contributed by atoms with Crippen molar-refractivity contribution in [2.45, 2.75) is 51.9 Å². The molecule has 0 atom stereocenters. The third kappa shape index (κ3) is 5.13. The second-order valence-electron chi connectivity index (χ2n) is 4.81. The molecule has 19 heavy (non-hydrogen) atoms. The number of aromatic carboxylic acids is 1. The van der Waals surface area contributed by atoms with Gasteiger partial charge in [0.05, 0.1) is 11.1 Å². The Kier molecular flexibility index (Phi) is 6.67. The Hall–Kier alpha value is -1.82. The lowest BCUT2D eigenvalue weighted by molar-refractivity contribution is 0.0696. The Labute approximate surface area is 114 Å². The molecule has 0 saturated carbocycles. The van der Waals surface area contributed by atoms with Crippen molar-refractivity contribution in [3.63, 3.8) is 0 Å². The molecule has 0 aromatic heterocycles. The second kappa shape index (κ2) is 8.31. The van der Waals surface area contributed by atoms with Crippen molar-refractivity contribution in [2.24, 2.45) is 0 Å². The summed E-state index contributed by atoms with van der Waals surface area (Å²) in [5.41, 5.74) is 1.40. The van der Waals surface area contributed by atoms with Crippen LogP contribution in [0.15, 0.2) is 18.2 Å². The lowest BCUT2D eigenvalue weighted by Crippen LogP contribution is -2.01. The normalized spacial score (nSPS) is 10.1. The van der Waals surface area contributed by atoms with Gasteiger partial charge in [0.25, 0.3) is 0 Å². The number of benzene rings is 1. The molecule has 0 aliphatic heterocycles. The molecule has 1 N–H and O–H groups in total. The zero-order valence-corrected chi connectivity index (χ0v) is 11.5. The van der Waals surface area contributed by atoms with Gasteiger partial charge in [-0.15, -0.1) is 0 Å². The molecule has 0 saturated heterocycles. The van der Waals surface area contributed by atoms with E-state index in [1.165, 1.54) is 38.2 Å². The summed E-state index contributed by atoms with van der Waals surface area (Å²) >= 11 is 0. The highest BCUT2D eigenvalue weighted by Crippen LogP contribution is 2.15. The number of carbonyl (C=O) groups is 1. The van der Waals surface area contributed by atoms with E-state index in [4.69, 9.17) is 10.4 Å². The minimum Gasteiger partial charge on any atom is -0.478 e. The first-order valence-electron chi connectivity index (χ1n) is 6.95. The summed E-state index contributed by atoms with van der Waals surface area (Å²) in [5, 5.41) is 17.9. The highest BCUT2D eigenvalue weighted by atomic mass is 16.4. The molecular weight excluding hydrogens is 238 g/mol. The molecule has 0 unspecified atom stereocenters. The maximum absolute atomic E-state index is 10.9. The van der Waals surface area contributed by atoms with E-state index >= 15 is 0 Å². The number of hydrogen-bond acceptors (Lipinski definition) is 2. The molecule has 0 aliphatic rings. The van der Waals surface area contributed by atoms with E-state index < -0.39 is 5.97 Å². The average molecular weight is 259 g/mol. The first-order valence-corrected chi connectivity index (χ1v) is 6.95. The topological polar surface area (TPSA) is 61.1 Å². The summed E-state index contributed by atoms with van der Waals surface area (Å²) in [6.07, 6.45) is 8.31. The van der Waals surface area contributed by atoms with E-state index in [0.717, 1.165) is 18.4 Å². The van der Waals surface area contributed by atoms with Gasteiger partial charge in [-0.25, -0.2) is 4.79 Å². The number of unbranched alkanes of at least 4 members (excludes halogenated alkanes) is 5. The number of carboxylic acids is 1. The van der Waals surface area contributed by atoms with Crippen LogP contribution in [-0.2, 0) is 6.42 Å². The number of aryl methyl sites for hydroxylation is 1. The van der Waals surface area contributed by atoms with Crippen molar-refractivity contribution in [2.75, 3.05) is 0 Å². The molecule has 1 aromatic carbocycles. The fourth-order valence-electron chi connectivity index (χ4n) is 2.14. The second-order valence-corrected chi connectivity index (χ2v) is 4.81. The third-order valence-electron chi connectivity index (χ3n) is 3.25. The van der Waals surface area contributed by atoms with Crippen LogP contribution in [0.4, 0.5) is 0 Å². The summed E-state index contributed by atoms with van der Waals surface area (Å²) in [7, 11) is 0. The Balaban J connectivity index is 2.47. The predicted octanol–water partition coefficient (Wildman–Crippen LogP) is 4.16. The van der Waals surface area contributed by atoms with E-state index in [1.807, 2.05) is 12.1 Å². The van der Waals surface area contributed by atoms with Gasteiger partial charge in [-0.1, -0.05) is 45.1 Å². The van der Waals surface area contributed by atoms with Crippen molar-refractivity contribution >= 4 is 5.97 Å². The minimum absolute atomic E-state index is 0.0918. The van der Waals surface area contributed by atoms with E-state index in [2.05, 4.69) is 6.92 Å². The Bertz CT molecular complexity index is 460. The smallest absolute Gasteiger partial charge is 0.337 e. The van der Waals surface area contributed by atoms with Crippen LogP contribution in [-0.4, -0.2) is 11.1 Å². The van der Waals surface area contributed by atoms with Gasteiger partial charge in [0, 0.05) is 0 Å². The van der Waals surface area contributed by atoms with Crippen LogP contribution in [0, 0.1) is 11.3 Å². The molecule has 0 amide bonds. The fourth-order valence-corrected chi connectivity index (χ4v) is 2.14. The zero-order valence-electron chi connectivity index (χ0n) is 11.5. The van der Waals surface area contributed by atoms with Gasteiger partial charge in [0.1, 0.15) is 6.07 Å². The van der Waals surface area contributed by atoms with Crippen molar-refractivity contribution in [3.8, 4) is 6.07 Å². The number of carboxylic acid groups (broad SMARTS) is 1. The summed E-state index contributed by atoms with van der Waals surface area (Å²) in [4.78, 5) is 10.9. The van der Waals surface area contributed by atoms with Crippen LogP contribution in [0.25, 0.3) is 0 Å². The number of nitriles is 1. The fraction of sp³-hybridized carbons (Fsp3) is 0.500. The number of hydrogen-bond donors (Lipinski definition) is 1. The highest BCUT2D eigenvalue weighted by Gasteiger charge is 2.09.